The van der Waals surface area contributed by atoms with Crippen LogP contribution in [0.3, 0.4) is 0 Å². The van der Waals surface area contributed by atoms with Gasteiger partial charge in [0.15, 0.2) is 8.07 Å². The molecule has 7 aromatic rings. The van der Waals surface area contributed by atoms with Gasteiger partial charge < -0.3 is 0 Å². The minimum Gasteiger partial charge on any atom is -0.244 e. The summed E-state index contributed by atoms with van der Waals surface area (Å²) in [7, 11) is -2.65. The number of hydrogen-bond donors (Lipinski definition) is 0. The predicted molar refractivity (Wildman–Crippen MR) is 186 cm³/mol. The molecule has 208 valence electrons. The number of hydrogen-bond acceptors (Lipinski definition) is 2. The molecule has 0 aliphatic carbocycles. The van der Waals surface area contributed by atoms with Gasteiger partial charge in [0.25, 0.3) is 0 Å². The van der Waals surface area contributed by atoms with Gasteiger partial charge in [-0.1, -0.05) is 115 Å². The lowest BCUT2D eigenvalue weighted by Gasteiger charge is -2.28. The summed E-state index contributed by atoms with van der Waals surface area (Å²) >= 11 is 6.65. The molecule has 1 aromatic heterocycles. The van der Waals surface area contributed by atoms with E-state index in [1.807, 2.05) is 12.1 Å². The zero-order valence-electron chi connectivity index (χ0n) is 24.4. The number of nitrogens with zero attached hydrogens (tertiary/aromatic N) is 2. The van der Waals surface area contributed by atoms with E-state index in [9.17, 15) is 0 Å². The minimum atomic E-state index is -2.65. The van der Waals surface area contributed by atoms with Crippen LogP contribution in [0.4, 0.5) is 0 Å². The first kappa shape index (κ1) is 25.6. The lowest BCUT2D eigenvalue weighted by molar-refractivity contribution is 1.29. The molecule has 0 bridgehead atoms. The molecular formula is C40H27ClN2Si. The monoisotopic (exact) mass is 598 g/mol. The molecule has 0 amide bonds. The summed E-state index contributed by atoms with van der Waals surface area (Å²) in [5.41, 5.74) is 13.6. The summed E-state index contributed by atoms with van der Waals surface area (Å²) in [5, 5.41) is 6.45. The Hall–Kier alpha value is -4.83. The third kappa shape index (κ3) is 3.37. The third-order valence-electron chi connectivity index (χ3n) is 9.72. The topological polar surface area (TPSA) is 25.8 Å². The summed E-state index contributed by atoms with van der Waals surface area (Å²) < 4.78 is 0. The highest BCUT2D eigenvalue weighted by atomic mass is 35.5. The second-order valence-electron chi connectivity index (χ2n) is 12.0. The summed E-state index contributed by atoms with van der Waals surface area (Å²) in [5.74, 6) is 0. The van der Waals surface area contributed by atoms with Crippen LogP contribution in [-0.2, 0) is 0 Å². The Morgan fingerprint density at radius 3 is 1.80 bits per heavy atom. The van der Waals surface area contributed by atoms with E-state index >= 15 is 0 Å². The molecule has 1 spiro atoms. The average molecular weight is 599 g/mol. The zero-order chi connectivity index (χ0) is 29.6. The van der Waals surface area contributed by atoms with Gasteiger partial charge in [-0.25, -0.2) is 9.97 Å². The number of aromatic nitrogens is 2. The summed E-state index contributed by atoms with van der Waals surface area (Å²) in [6.45, 7) is 4.50. The second-order valence-corrected chi connectivity index (χ2v) is 16.0. The Labute approximate surface area is 262 Å². The number of fused-ring (bicyclic) bond motifs is 11. The molecule has 3 heterocycles. The molecule has 0 radical (unpaired) electrons. The van der Waals surface area contributed by atoms with Crippen molar-refractivity contribution in [1.82, 2.24) is 9.97 Å². The van der Waals surface area contributed by atoms with Crippen LogP contribution in [0.25, 0.3) is 55.8 Å². The van der Waals surface area contributed by atoms with Gasteiger partial charge in [0.1, 0.15) is 0 Å². The van der Waals surface area contributed by atoms with Crippen LogP contribution in [0.5, 0.6) is 0 Å². The van der Waals surface area contributed by atoms with E-state index < -0.39 is 8.07 Å². The molecule has 1 atom stereocenters. The van der Waals surface area contributed by atoms with Crippen LogP contribution in [0, 0.1) is 13.8 Å². The molecule has 44 heavy (non-hydrogen) atoms. The molecule has 9 rings (SSSR count). The van der Waals surface area contributed by atoms with E-state index in [4.69, 9.17) is 21.6 Å². The van der Waals surface area contributed by atoms with Crippen LogP contribution < -0.4 is 20.7 Å². The largest absolute Gasteiger partial charge is 0.244 e. The Balaban J connectivity index is 1.43. The highest BCUT2D eigenvalue weighted by Gasteiger charge is 2.54. The zero-order valence-corrected chi connectivity index (χ0v) is 26.2. The third-order valence-corrected chi connectivity index (χ3v) is 14.9. The van der Waals surface area contributed by atoms with Gasteiger partial charge in [-0.2, -0.15) is 0 Å². The lowest BCUT2D eigenvalue weighted by atomic mass is 9.96. The maximum Gasteiger partial charge on any atom is 0.182 e. The average Bonchev–Trinajstić information content (AvgIpc) is 3.51. The highest BCUT2D eigenvalue weighted by molar-refractivity contribution is 7.24. The fourth-order valence-corrected chi connectivity index (χ4v) is 13.5. The van der Waals surface area contributed by atoms with Crippen LogP contribution in [0.15, 0.2) is 127 Å². The van der Waals surface area contributed by atoms with Gasteiger partial charge in [-0.15, -0.1) is 0 Å². The van der Waals surface area contributed by atoms with Crippen LogP contribution in [-0.4, -0.2) is 18.0 Å². The number of halogens is 1. The van der Waals surface area contributed by atoms with Crippen molar-refractivity contribution in [3.63, 3.8) is 0 Å². The first-order valence-corrected chi connectivity index (χ1v) is 17.4. The van der Waals surface area contributed by atoms with Crippen molar-refractivity contribution in [1.29, 1.82) is 0 Å². The smallest absolute Gasteiger partial charge is 0.182 e. The van der Waals surface area contributed by atoms with Crippen molar-refractivity contribution in [2.45, 2.75) is 13.8 Å². The van der Waals surface area contributed by atoms with Crippen molar-refractivity contribution in [3.05, 3.63) is 144 Å². The second kappa shape index (κ2) is 9.33. The van der Waals surface area contributed by atoms with Gasteiger partial charge in [0, 0.05) is 16.1 Å². The quantitative estimate of drug-likeness (QED) is 0.192. The molecule has 1 unspecified atom stereocenters. The van der Waals surface area contributed by atoms with Crippen LogP contribution in [0.2, 0.25) is 5.02 Å². The van der Waals surface area contributed by atoms with Gasteiger partial charge in [-0.05, 0) is 92.2 Å². The van der Waals surface area contributed by atoms with E-state index in [2.05, 4.69) is 129 Å². The summed E-state index contributed by atoms with van der Waals surface area (Å²) in [4.78, 5) is 10.8. The minimum absolute atomic E-state index is 0.772. The van der Waals surface area contributed by atoms with Gasteiger partial charge in [0.2, 0.25) is 0 Å². The van der Waals surface area contributed by atoms with Gasteiger partial charge in [-0.3, -0.25) is 0 Å². The van der Waals surface area contributed by atoms with E-state index in [1.165, 1.54) is 54.1 Å². The Morgan fingerprint density at radius 1 is 0.500 bits per heavy atom. The van der Waals surface area contributed by atoms with Gasteiger partial charge in [0.05, 0.1) is 22.4 Å². The number of rotatable bonds is 2. The number of benzene rings is 6. The highest BCUT2D eigenvalue weighted by Crippen LogP contribution is 2.40. The predicted octanol–water partition coefficient (Wildman–Crippen LogP) is 7.57. The molecule has 0 saturated carbocycles. The molecule has 0 N–H and O–H groups in total. The van der Waals surface area contributed by atoms with Crippen LogP contribution in [0.1, 0.15) is 11.1 Å². The molecule has 0 fully saturated rings. The standard InChI is InChI=1S/C40H27ClN2Si/c1-24-17-19-36-38(25(24)2)31-22-32-33(43-40(27-13-7-4-8-14-27)39(42-32)26-11-5-3-6-12-26)23-37(31)44(36)34-16-10-9-15-29(34)30-21-28(41)18-20-35(30)44/h3-23H,1-2H3. The Bertz CT molecular complexity index is 2310. The lowest BCUT2D eigenvalue weighted by Crippen LogP contribution is -2.70. The number of aryl methyl sites for hydroxylation is 1. The SMILES string of the molecule is Cc1ccc2c(c1C)-c1cc3nc(-c4ccccc4)c(-c4ccccc4)nc3cc1[Si]21c2ccccc2-c2cc(Cl)ccc21. The van der Waals surface area contributed by atoms with E-state index in [-0.39, 0.29) is 0 Å². The maximum absolute atomic E-state index is 6.65. The molecule has 2 nitrogen and oxygen atoms in total. The molecule has 2 aliphatic heterocycles. The molecule has 6 aromatic carbocycles. The Morgan fingerprint density at radius 2 is 1.09 bits per heavy atom. The molecular weight excluding hydrogens is 572 g/mol. The van der Waals surface area contributed by atoms with Gasteiger partial charge >= 0.3 is 0 Å². The van der Waals surface area contributed by atoms with Crippen LogP contribution >= 0.6 is 11.6 Å². The normalized spacial score (nSPS) is 15.7. The Kier molecular flexibility index (Phi) is 5.44. The summed E-state index contributed by atoms with van der Waals surface area (Å²) in [6, 6.07) is 45.8. The summed E-state index contributed by atoms with van der Waals surface area (Å²) in [6.07, 6.45) is 0. The van der Waals surface area contributed by atoms with Crippen molar-refractivity contribution >= 4 is 51.5 Å². The van der Waals surface area contributed by atoms with E-state index in [0.29, 0.717) is 0 Å². The van der Waals surface area contributed by atoms with Crippen molar-refractivity contribution in [3.8, 4) is 44.8 Å². The first-order chi connectivity index (χ1) is 21.6. The first-order valence-electron chi connectivity index (χ1n) is 15.0. The fourth-order valence-electron chi connectivity index (χ4n) is 7.67. The molecule has 2 aliphatic rings. The molecule has 4 heteroatoms. The van der Waals surface area contributed by atoms with E-state index in [0.717, 1.165) is 38.6 Å². The molecule has 0 saturated heterocycles. The maximum atomic E-state index is 6.65. The fraction of sp³-hybridized carbons (Fsp3) is 0.0500. The van der Waals surface area contributed by atoms with E-state index in [1.54, 1.807) is 0 Å². The van der Waals surface area contributed by atoms with Crippen molar-refractivity contribution in [2.75, 3.05) is 0 Å². The van der Waals surface area contributed by atoms with Crippen molar-refractivity contribution < 1.29 is 0 Å². The van der Waals surface area contributed by atoms with Crippen molar-refractivity contribution in [2.24, 2.45) is 0 Å².